The van der Waals surface area contributed by atoms with Gasteiger partial charge in [-0.1, -0.05) is 12.1 Å². The predicted molar refractivity (Wildman–Crippen MR) is 53.4 cm³/mol. The summed E-state index contributed by atoms with van der Waals surface area (Å²) in [5, 5.41) is 9.77. The molecule has 94 valence electrons. The summed E-state index contributed by atoms with van der Waals surface area (Å²) in [6.07, 6.45) is -4.76. The fourth-order valence-electron chi connectivity index (χ4n) is 1.18. The van der Waals surface area contributed by atoms with E-state index in [0.29, 0.717) is 0 Å². The number of alkyl halides is 3. The number of halogens is 3. The van der Waals surface area contributed by atoms with Gasteiger partial charge in [-0.2, -0.15) is 0 Å². The van der Waals surface area contributed by atoms with Gasteiger partial charge in [-0.25, -0.2) is 0 Å². The van der Waals surface area contributed by atoms with Crippen LogP contribution < -0.4 is 4.74 Å². The molecule has 1 rings (SSSR count). The number of carbonyl (C=O) groups is 1. The zero-order valence-electron chi connectivity index (χ0n) is 9.21. The number of carbonyl (C=O) groups excluding carboxylic acids is 1. The summed E-state index contributed by atoms with van der Waals surface area (Å²) >= 11 is 0. The Bertz CT molecular complexity index is 407. The zero-order chi connectivity index (χ0) is 13.3. The molecule has 0 amide bonds. The molecule has 3 nitrogen and oxygen atoms in total. The molecule has 1 aromatic rings. The first-order valence-electron chi connectivity index (χ1n) is 4.72. The van der Waals surface area contributed by atoms with Gasteiger partial charge in [0.25, 0.3) is 0 Å². The smallest absolute Gasteiger partial charge is 0.406 e. The molecule has 0 radical (unpaired) electrons. The Balaban J connectivity index is 2.93. The number of aliphatic hydroxyl groups is 1. The average Bonchev–Trinajstić information content (AvgIpc) is 2.15. The van der Waals surface area contributed by atoms with Crippen molar-refractivity contribution in [1.82, 2.24) is 0 Å². The van der Waals surface area contributed by atoms with Gasteiger partial charge >= 0.3 is 6.36 Å². The van der Waals surface area contributed by atoms with Crippen LogP contribution in [0.3, 0.4) is 0 Å². The van der Waals surface area contributed by atoms with Crippen LogP contribution in [0.15, 0.2) is 24.3 Å². The van der Waals surface area contributed by atoms with Crippen LogP contribution in [0.5, 0.6) is 5.75 Å². The summed E-state index contributed by atoms with van der Waals surface area (Å²) < 4.78 is 39.3. The van der Waals surface area contributed by atoms with E-state index in [1.54, 1.807) is 0 Å². The van der Waals surface area contributed by atoms with Crippen molar-refractivity contribution in [1.29, 1.82) is 0 Å². The second-order valence-corrected chi connectivity index (χ2v) is 3.70. The van der Waals surface area contributed by atoms with E-state index in [4.69, 9.17) is 0 Å². The second-order valence-electron chi connectivity index (χ2n) is 3.70. The van der Waals surface area contributed by atoms with Crippen LogP contribution in [0.4, 0.5) is 13.2 Å². The lowest BCUT2D eigenvalue weighted by molar-refractivity contribution is -0.274. The lowest BCUT2D eigenvalue weighted by Crippen LogP contribution is -2.29. The average molecular weight is 248 g/mol. The summed E-state index contributed by atoms with van der Waals surface area (Å²) in [6.45, 7) is 2.47. The Morgan fingerprint density at radius 3 is 2.06 bits per heavy atom. The topological polar surface area (TPSA) is 46.5 Å². The highest BCUT2D eigenvalue weighted by Gasteiger charge is 2.32. The fourth-order valence-corrected chi connectivity index (χ4v) is 1.18. The van der Waals surface area contributed by atoms with Crippen LogP contribution in [-0.4, -0.2) is 17.3 Å². The number of ether oxygens (including phenoxy) is 1. The Hall–Kier alpha value is -1.56. The van der Waals surface area contributed by atoms with Crippen molar-refractivity contribution in [3.05, 3.63) is 29.8 Å². The van der Waals surface area contributed by atoms with E-state index in [0.717, 1.165) is 12.1 Å². The van der Waals surface area contributed by atoms with Crippen molar-refractivity contribution in [2.24, 2.45) is 0 Å². The molecule has 0 fully saturated rings. The van der Waals surface area contributed by atoms with Gasteiger partial charge in [0.2, 0.25) is 0 Å². The van der Waals surface area contributed by atoms with E-state index in [1.807, 2.05) is 0 Å². The molecule has 0 heterocycles. The van der Waals surface area contributed by atoms with E-state index in [-0.39, 0.29) is 5.56 Å². The molecule has 1 unspecified atom stereocenters. The first-order chi connectivity index (χ1) is 7.63. The summed E-state index contributed by atoms with van der Waals surface area (Å²) in [5.74, 6) is -0.900. The molecule has 0 aliphatic rings. The van der Waals surface area contributed by atoms with E-state index in [1.165, 1.54) is 26.0 Å². The quantitative estimate of drug-likeness (QED) is 0.893. The molecule has 17 heavy (non-hydrogen) atoms. The monoisotopic (exact) mass is 248 g/mol. The van der Waals surface area contributed by atoms with E-state index >= 15 is 0 Å². The number of benzene rings is 1. The molecule has 0 aromatic heterocycles. The summed E-state index contributed by atoms with van der Waals surface area (Å²) in [7, 11) is 0. The SMILES string of the molecule is CC(=O)C(C)(O)c1ccc(OC(F)(F)F)cc1. The molecule has 0 aliphatic carbocycles. The lowest BCUT2D eigenvalue weighted by Gasteiger charge is -2.20. The van der Waals surface area contributed by atoms with Gasteiger partial charge in [0.15, 0.2) is 5.78 Å². The van der Waals surface area contributed by atoms with Gasteiger partial charge in [-0.3, -0.25) is 4.79 Å². The highest BCUT2D eigenvalue weighted by atomic mass is 19.4. The van der Waals surface area contributed by atoms with Gasteiger partial charge in [0.05, 0.1) is 0 Å². The molecular formula is C11H11F3O3. The molecule has 0 bridgehead atoms. The minimum Gasteiger partial charge on any atom is -0.406 e. The second kappa shape index (κ2) is 4.37. The van der Waals surface area contributed by atoms with Crippen LogP contribution in [-0.2, 0) is 10.4 Å². The van der Waals surface area contributed by atoms with Gasteiger partial charge in [-0.15, -0.1) is 13.2 Å². The van der Waals surface area contributed by atoms with Crippen molar-refractivity contribution in [2.75, 3.05) is 0 Å². The molecule has 0 aliphatic heterocycles. The van der Waals surface area contributed by atoms with Crippen LogP contribution in [0.2, 0.25) is 0 Å². The molecule has 1 N–H and O–H groups in total. The van der Waals surface area contributed by atoms with Crippen LogP contribution in [0.1, 0.15) is 19.4 Å². The summed E-state index contributed by atoms with van der Waals surface area (Å²) in [6, 6.07) is 4.51. The van der Waals surface area contributed by atoms with Crippen molar-refractivity contribution in [3.8, 4) is 5.75 Å². The highest BCUT2D eigenvalue weighted by Crippen LogP contribution is 2.27. The third-order valence-corrected chi connectivity index (χ3v) is 2.34. The van der Waals surface area contributed by atoms with Crippen LogP contribution >= 0.6 is 0 Å². The maximum Gasteiger partial charge on any atom is 0.573 e. The number of Topliss-reactive ketones (excluding diaryl/α,β-unsaturated/α-hetero) is 1. The summed E-state index contributed by atoms with van der Waals surface area (Å²) in [4.78, 5) is 11.1. The maximum absolute atomic E-state index is 11.9. The predicted octanol–water partition coefficient (Wildman–Crippen LogP) is 2.38. The van der Waals surface area contributed by atoms with Crippen molar-refractivity contribution in [2.45, 2.75) is 25.8 Å². The fraction of sp³-hybridized carbons (Fsp3) is 0.364. The van der Waals surface area contributed by atoms with Crippen molar-refractivity contribution in [3.63, 3.8) is 0 Å². The van der Waals surface area contributed by atoms with Gasteiger partial charge in [-0.05, 0) is 31.5 Å². The van der Waals surface area contributed by atoms with Crippen molar-refractivity contribution < 1.29 is 27.8 Å². The molecule has 0 saturated heterocycles. The Labute approximate surface area is 95.8 Å². The largest absolute Gasteiger partial charge is 0.573 e. The Morgan fingerprint density at radius 2 is 1.71 bits per heavy atom. The molecule has 1 atom stereocenters. The zero-order valence-corrected chi connectivity index (χ0v) is 9.21. The molecule has 0 saturated carbocycles. The van der Waals surface area contributed by atoms with Gasteiger partial charge < -0.3 is 9.84 Å². The number of hydrogen-bond acceptors (Lipinski definition) is 3. The van der Waals surface area contributed by atoms with E-state index in [9.17, 15) is 23.1 Å². The van der Waals surface area contributed by atoms with Crippen LogP contribution in [0.25, 0.3) is 0 Å². The van der Waals surface area contributed by atoms with Crippen LogP contribution in [0, 0.1) is 0 Å². The molecule has 6 heteroatoms. The van der Waals surface area contributed by atoms with Gasteiger partial charge in [0.1, 0.15) is 11.4 Å². The number of ketones is 1. The lowest BCUT2D eigenvalue weighted by atomic mass is 9.92. The molecule has 0 spiro atoms. The first-order valence-corrected chi connectivity index (χ1v) is 4.72. The van der Waals surface area contributed by atoms with Gasteiger partial charge in [0, 0.05) is 0 Å². The standard InChI is InChI=1S/C11H11F3O3/c1-7(15)10(2,16)8-3-5-9(6-4-8)17-11(12,13)14/h3-6,16H,1-2H3. The highest BCUT2D eigenvalue weighted by molar-refractivity contribution is 5.85. The Kier molecular flexibility index (Phi) is 3.47. The van der Waals surface area contributed by atoms with Crippen molar-refractivity contribution >= 4 is 5.78 Å². The third-order valence-electron chi connectivity index (χ3n) is 2.34. The van der Waals surface area contributed by atoms with E-state index < -0.39 is 23.5 Å². The number of rotatable bonds is 3. The summed E-state index contributed by atoms with van der Waals surface area (Å²) in [5.41, 5.74) is -1.50. The third kappa shape index (κ3) is 3.45. The van der Waals surface area contributed by atoms with E-state index in [2.05, 4.69) is 4.74 Å². The minimum absolute atomic E-state index is 0.208. The maximum atomic E-state index is 11.9. The number of hydrogen-bond donors (Lipinski definition) is 1. The molecule has 1 aromatic carbocycles. The first kappa shape index (κ1) is 13.5. The molecular weight excluding hydrogens is 237 g/mol. The Morgan fingerprint density at radius 1 is 1.24 bits per heavy atom. The minimum atomic E-state index is -4.76. The normalized spacial score (nSPS) is 15.2.